The number of benzene rings is 1. The zero-order valence-electron chi connectivity index (χ0n) is 12.6. The van der Waals surface area contributed by atoms with Crippen LogP contribution in [0.15, 0.2) is 22.7 Å². The molecule has 21 heavy (non-hydrogen) atoms. The standard InChI is InChI=1S/C16H23BrN2O2/c1-12(2)4-3-7-21-11-15(20)10-19-16-6-5-14(17)8-13(16)9-18/h5-6,8,12,15,19-20H,3-4,7,10-11H2,1-2H3. The minimum absolute atomic E-state index is 0.309. The highest BCUT2D eigenvalue weighted by atomic mass is 79.9. The molecule has 0 bridgehead atoms. The Morgan fingerprint density at radius 3 is 2.86 bits per heavy atom. The molecule has 1 aromatic carbocycles. The van der Waals surface area contributed by atoms with Crippen molar-refractivity contribution in [3.63, 3.8) is 0 Å². The number of halogens is 1. The molecule has 4 nitrogen and oxygen atoms in total. The molecule has 1 rings (SSSR count). The first kappa shape index (κ1) is 18.0. The van der Waals surface area contributed by atoms with Crippen LogP contribution >= 0.6 is 15.9 Å². The van der Waals surface area contributed by atoms with Gasteiger partial charge >= 0.3 is 0 Å². The summed E-state index contributed by atoms with van der Waals surface area (Å²) in [7, 11) is 0. The average molecular weight is 355 g/mol. The van der Waals surface area contributed by atoms with Crippen LogP contribution in [0.3, 0.4) is 0 Å². The van der Waals surface area contributed by atoms with E-state index in [1.165, 1.54) is 0 Å². The monoisotopic (exact) mass is 354 g/mol. The van der Waals surface area contributed by atoms with Crippen molar-refractivity contribution in [2.24, 2.45) is 5.92 Å². The quantitative estimate of drug-likeness (QED) is 0.665. The summed E-state index contributed by atoms with van der Waals surface area (Å²) in [6, 6.07) is 7.55. The van der Waals surface area contributed by atoms with E-state index < -0.39 is 6.10 Å². The topological polar surface area (TPSA) is 65.3 Å². The van der Waals surface area contributed by atoms with E-state index in [9.17, 15) is 5.11 Å². The van der Waals surface area contributed by atoms with Crippen LogP contribution in [0.2, 0.25) is 0 Å². The van der Waals surface area contributed by atoms with E-state index in [-0.39, 0.29) is 0 Å². The van der Waals surface area contributed by atoms with Crippen LogP contribution in [0.25, 0.3) is 0 Å². The second-order valence-corrected chi connectivity index (χ2v) is 6.36. The van der Waals surface area contributed by atoms with Crippen molar-refractivity contribution in [1.82, 2.24) is 0 Å². The van der Waals surface area contributed by atoms with Gasteiger partial charge in [0.25, 0.3) is 0 Å². The van der Waals surface area contributed by atoms with Gasteiger partial charge in [-0.15, -0.1) is 0 Å². The largest absolute Gasteiger partial charge is 0.389 e. The third-order valence-corrected chi connectivity index (χ3v) is 3.50. The molecule has 0 aliphatic heterocycles. The number of nitriles is 1. The van der Waals surface area contributed by atoms with Gasteiger partial charge in [-0.1, -0.05) is 29.8 Å². The van der Waals surface area contributed by atoms with Gasteiger partial charge in [0.15, 0.2) is 0 Å². The van der Waals surface area contributed by atoms with Gasteiger partial charge in [-0.2, -0.15) is 5.26 Å². The molecule has 0 amide bonds. The van der Waals surface area contributed by atoms with Gasteiger partial charge in [0.2, 0.25) is 0 Å². The number of nitrogens with one attached hydrogen (secondary N) is 1. The van der Waals surface area contributed by atoms with Gasteiger partial charge in [-0.05, 0) is 37.0 Å². The van der Waals surface area contributed by atoms with Crippen LogP contribution in [0.4, 0.5) is 5.69 Å². The molecule has 1 aromatic rings. The Kier molecular flexibility index (Phi) is 8.36. The Morgan fingerprint density at radius 2 is 2.19 bits per heavy atom. The Balaban J connectivity index is 2.27. The highest BCUT2D eigenvalue weighted by Gasteiger charge is 2.07. The molecular formula is C16H23BrN2O2. The molecule has 0 spiro atoms. The van der Waals surface area contributed by atoms with E-state index in [4.69, 9.17) is 10.00 Å². The summed E-state index contributed by atoms with van der Waals surface area (Å²) in [5.41, 5.74) is 1.27. The molecular weight excluding hydrogens is 332 g/mol. The summed E-state index contributed by atoms with van der Waals surface area (Å²) in [5.74, 6) is 0.682. The van der Waals surface area contributed by atoms with Crippen LogP contribution in [0.5, 0.6) is 0 Å². The van der Waals surface area contributed by atoms with E-state index in [1.807, 2.05) is 12.1 Å². The lowest BCUT2D eigenvalue weighted by Gasteiger charge is -2.14. The molecule has 2 N–H and O–H groups in total. The minimum Gasteiger partial charge on any atom is -0.389 e. The fraction of sp³-hybridized carbons (Fsp3) is 0.562. The lowest BCUT2D eigenvalue weighted by Crippen LogP contribution is -2.25. The number of aliphatic hydroxyl groups is 1. The molecule has 0 saturated heterocycles. The normalized spacial score (nSPS) is 12.2. The van der Waals surface area contributed by atoms with Gasteiger partial charge in [0, 0.05) is 17.6 Å². The second kappa shape index (κ2) is 9.78. The zero-order chi connectivity index (χ0) is 15.7. The molecule has 1 unspecified atom stereocenters. The third kappa shape index (κ3) is 7.47. The molecule has 0 saturated carbocycles. The summed E-state index contributed by atoms with van der Waals surface area (Å²) in [6.07, 6.45) is 1.57. The van der Waals surface area contributed by atoms with Crippen LogP contribution in [0.1, 0.15) is 32.3 Å². The Morgan fingerprint density at radius 1 is 1.43 bits per heavy atom. The maximum atomic E-state index is 9.86. The first-order valence-electron chi connectivity index (χ1n) is 7.22. The number of ether oxygens (including phenoxy) is 1. The average Bonchev–Trinajstić information content (AvgIpc) is 2.45. The number of hydrogen-bond acceptors (Lipinski definition) is 4. The van der Waals surface area contributed by atoms with Crippen molar-refractivity contribution in [3.8, 4) is 6.07 Å². The molecule has 0 fully saturated rings. The van der Waals surface area contributed by atoms with Crippen molar-refractivity contribution < 1.29 is 9.84 Å². The van der Waals surface area contributed by atoms with Crippen LogP contribution in [0, 0.1) is 17.2 Å². The smallest absolute Gasteiger partial charge is 0.101 e. The van der Waals surface area contributed by atoms with Gasteiger partial charge in [-0.3, -0.25) is 0 Å². The van der Waals surface area contributed by atoms with E-state index in [0.717, 1.165) is 23.0 Å². The number of rotatable bonds is 9. The van der Waals surface area contributed by atoms with Crippen LogP contribution < -0.4 is 5.32 Å². The van der Waals surface area contributed by atoms with Crippen LogP contribution in [-0.2, 0) is 4.74 Å². The molecule has 0 aliphatic carbocycles. The van der Waals surface area contributed by atoms with Crippen LogP contribution in [-0.4, -0.2) is 31.0 Å². The fourth-order valence-corrected chi connectivity index (χ4v) is 2.22. The van der Waals surface area contributed by atoms with Crippen molar-refractivity contribution in [3.05, 3.63) is 28.2 Å². The van der Waals surface area contributed by atoms with Gasteiger partial charge in [-0.25, -0.2) is 0 Å². The first-order chi connectivity index (χ1) is 10.0. The van der Waals surface area contributed by atoms with E-state index in [1.54, 1.807) is 6.07 Å². The number of nitrogens with zero attached hydrogens (tertiary/aromatic N) is 1. The maximum Gasteiger partial charge on any atom is 0.101 e. The molecule has 1 atom stereocenters. The highest BCUT2D eigenvalue weighted by Crippen LogP contribution is 2.20. The van der Waals surface area contributed by atoms with E-state index in [2.05, 4.69) is 41.2 Å². The summed E-state index contributed by atoms with van der Waals surface area (Å²) in [6.45, 7) is 5.72. The predicted octanol–water partition coefficient (Wildman–Crippen LogP) is 3.55. The first-order valence-corrected chi connectivity index (χ1v) is 8.01. The molecule has 0 aliphatic rings. The lowest BCUT2D eigenvalue weighted by molar-refractivity contribution is 0.0409. The van der Waals surface area contributed by atoms with Gasteiger partial charge in [0.1, 0.15) is 6.07 Å². The number of anilines is 1. The predicted molar refractivity (Wildman–Crippen MR) is 88.2 cm³/mol. The van der Waals surface area contributed by atoms with E-state index >= 15 is 0 Å². The Labute approximate surface area is 135 Å². The van der Waals surface area contributed by atoms with Crippen molar-refractivity contribution in [2.75, 3.05) is 25.1 Å². The SMILES string of the molecule is CC(C)CCCOCC(O)CNc1ccc(Br)cc1C#N. The molecule has 0 radical (unpaired) electrons. The molecule has 0 aromatic heterocycles. The molecule has 5 heteroatoms. The minimum atomic E-state index is -0.584. The highest BCUT2D eigenvalue weighted by molar-refractivity contribution is 9.10. The molecule has 116 valence electrons. The summed E-state index contributed by atoms with van der Waals surface area (Å²) in [4.78, 5) is 0. The maximum absolute atomic E-state index is 9.86. The molecule has 0 heterocycles. The summed E-state index contributed by atoms with van der Waals surface area (Å²) >= 11 is 3.33. The zero-order valence-corrected chi connectivity index (χ0v) is 14.2. The number of hydrogen-bond donors (Lipinski definition) is 2. The van der Waals surface area contributed by atoms with Gasteiger partial charge < -0.3 is 15.2 Å². The van der Waals surface area contributed by atoms with Gasteiger partial charge in [0.05, 0.1) is 24.0 Å². The van der Waals surface area contributed by atoms with Crippen molar-refractivity contribution >= 4 is 21.6 Å². The number of aliphatic hydroxyl groups excluding tert-OH is 1. The lowest BCUT2D eigenvalue weighted by atomic mass is 10.1. The van der Waals surface area contributed by atoms with Crippen molar-refractivity contribution in [2.45, 2.75) is 32.8 Å². The van der Waals surface area contributed by atoms with E-state index in [0.29, 0.717) is 31.2 Å². The summed E-state index contributed by atoms with van der Waals surface area (Å²) < 4.78 is 6.31. The fourth-order valence-electron chi connectivity index (χ4n) is 1.86. The summed E-state index contributed by atoms with van der Waals surface area (Å²) in [5, 5.41) is 22.0. The second-order valence-electron chi connectivity index (χ2n) is 5.45. The third-order valence-electron chi connectivity index (χ3n) is 3.01. The van der Waals surface area contributed by atoms with Crippen molar-refractivity contribution in [1.29, 1.82) is 5.26 Å². The Hall–Kier alpha value is -1.09. The Bertz CT molecular complexity index is 472.